The molecule has 0 saturated heterocycles. The maximum Gasteiger partial charge on any atom is 0.167 e. The van der Waals surface area contributed by atoms with Gasteiger partial charge >= 0.3 is 0 Å². The molecule has 13 atom stereocenters. The lowest BCUT2D eigenvalue weighted by Crippen LogP contribution is -2.60. The van der Waals surface area contributed by atoms with E-state index in [-0.39, 0.29) is 29.0 Å². The van der Waals surface area contributed by atoms with E-state index in [1.165, 1.54) is 25.7 Å². The van der Waals surface area contributed by atoms with E-state index < -0.39 is 5.79 Å². The Morgan fingerprint density at radius 1 is 1.00 bits per heavy atom. The molecule has 36 heavy (non-hydrogen) atoms. The summed E-state index contributed by atoms with van der Waals surface area (Å²) in [4.78, 5) is 0. The van der Waals surface area contributed by atoms with Crippen LogP contribution in [0.5, 0.6) is 0 Å². The Hall–Kier alpha value is 0.130. The molecule has 5 fully saturated rings. The van der Waals surface area contributed by atoms with Crippen molar-refractivity contribution in [2.45, 2.75) is 110 Å². The number of hydrogen-bond donors (Lipinski definition) is 2. The Morgan fingerprint density at radius 3 is 2.31 bits per heavy atom. The number of alkyl halides is 1. The second-order valence-electron chi connectivity index (χ2n) is 14.5. The van der Waals surface area contributed by atoms with Gasteiger partial charge in [0, 0.05) is 38.9 Å². The van der Waals surface area contributed by atoms with Crippen molar-refractivity contribution >= 4 is 11.6 Å². The van der Waals surface area contributed by atoms with Crippen molar-refractivity contribution in [2.75, 3.05) is 20.1 Å². The quantitative estimate of drug-likeness (QED) is 0.281. The summed E-state index contributed by atoms with van der Waals surface area (Å²) in [6.07, 6.45) is 10.2. The molecule has 5 heteroatoms. The van der Waals surface area contributed by atoms with Gasteiger partial charge in [0.1, 0.15) is 0 Å². The Balaban J connectivity index is 1.34. The third-order valence-electron chi connectivity index (χ3n) is 13.3. The van der Waals surface area contributed by atoms with Crippen molar-refractivity contribution in [1.29, 1.82) is 0 Å². The van der Waals surface area contributed by atoms with Crippen molar-refractivity contribution in [2.24, 2.45) is 64.1 Å². The first-order valence-electron chi connectivity index (χ1n) is 15.1. The Kier molecular flexibility index (Phi) is 7.65. The highest BCUT2D eigenvalue weighted by Crippen LogP contribution is 2.69. The highest BCUT2D eigenvalue weighted by atomic mass is 35.5. The summed E-state index contributed by atoms with van der Waals surface area (Å²) >= 11 is 6.63. The van der Waals surface area contributed by atoms with Gasteiger partial charge in [-0.25, -0.2) is 0 Å². The van der Waals surface area contributed by atoms with E-state index in [1.54, 1.807) is 14.2 Å². The Morgan fingerprint density at radius 2 is 1.69 bits per heavy atom. The van der Waals surface area contributed by atoms with Crippen LogP contribution in [0, 0.1) is 64.1 Å². The van der Waals surface area contributed by atoms with Crippen LogP contribution in [0.15, 0.2) is 0 Å². The molecule has 5 aliphatic carbocycles. The van der Waals surface area contributed by atoms with Gasteiger partial charge in [-0.2, -0.15) is 0 Å². The third kappa shape index (κ3) is 4.23. The van der Waals surface area contributed by atoms with Gasteiger partial charge in [-0.1, -0.05) is 27.7 Å². The molecule has 208 valence electrons. The van der Waals surface area contributed by atoms with Gasteiger partial charge < -0.3 is 19.7 Å². The summed E-state index contributed by atoms with van der Waals surface area (Å²) in [5, 5.41) is 23.3. The highest BCUT2D eigenvalue weighted by molar-refractivity contribution is 6.18. The van der Waals surface area contributed by atoms with Crippen molar-refractivity contribution in [3.63, 3.8) is 0 Å². The molecule has 0 radical (unpaired) electrons. The van der Waals surface area contributed by atoms with Crippen LogP contribution in [0.3, 0.4) is 0 Å². The zero-order valence-corrected chi connectivity index (χ0v) is 24.5. The van der Waals surface area contributed by atoms with Crippen LogP contribution in [-0.2, 0) is 9.47 Å². The Bertz CT molecular complexity index is 787. The van der Waals surface area contributed by atoms with Crippen molar-refractivity contribution < 1.29 is 19.7 Å². The predicted molar refractivity (Wildman–Crippen MR) is 145 cm³/mol. The Labute approximate surface area is 225 Å². The molecule has 5 saturated carbocycles. The van der Waals surface area contributed by atoms with Crippen LogP contribution in [-0.4, -0.2) is 48.3 Å². The molecule has 4 nitrogen and oxygen atoms in total. The number of aliphatic hydroxyl groups is 2. The average Bonchev–Trinajstić information content (AvgIpc) is 3.50. The van der Waals surface area contributed by atoms with E-state index >= 15 is 0 Å². The first-order valence-corrected chi connectivity index (χ1v) is 15.6. The van der Waals surface area contributed by atoms with Gasteiger partial charge in [0.25, 0.3) is 0 Å². The molecule has 2 N–H and O–H groups in total. The van der Waals surface area contributed by atoms with Crippen molar-refractivity contribution in [3.05, 3.63) is 0 Å². The zero-order valence-electron chi connectivity index (χ0n) is 23.7. The zero-order chi connectivity index (χ0) is 26.0. The molecule has 5 unspecified atom stereocenters. The molecule has 0 aromatic rings. The number of ether oxygens (including phenoxy) is 2. The fraction of sp³-hybridized carbons (Fsp3) is 1.00. The number of halogens is 1. The second-order valence-corrected chi connectivity index (χ2v) is 14.8. The minimum absolute atomic E-state index is 0.0787. The maximum absolute atomic E-state index is 11.9. The molecule has 0 heterocycles. The molecule has 0 bridgehead atoms. The number of fused-ring (bicyclic) bond motifs is 5. The van der Waals surface area contributed by atoms with Gasteiger partial charge in [-0.05, 0) is 110 Å². The maximum atomic E-state index is 11.9. The minimum atomic E-state index is -0.434. The average molecular weight is 525 g/mol. The summed E-state index contributed by atoms with van der Waals surface area (Å²) in [6, 6.07) is 0. The molecule has 5 rings (SSSR count). The largest absolute Gasteiger partial charge is 0.393 e. The molecule has 0 spiro atoms. The summed E-state index contributed by atoms with van der Waals surface area (Å²) < 4.78 is 11.8. The van der Waals surface area contributed by atoms with Crippen molar-refractivity contribution in [3.8, 4) is 0 Å². The molecule has 0 aliphatic heterocycles. The lowest BCUT2D eigenvalue weighted by atomic mass is 9.43. The molecule has 0 aromatic heterocycles. The first-order chi connectivity index (χ1) is 17.0. The first kappa shape index (κ1) is 27.7. The normalized spacial score (nSPS) is 49.9. The van der Waals surface area contributed by atoms with Gasteiger partial charge in [-0.15, -0.1) is 11.6 Å². The number of aliphatic hydroxyl groups excluding tert-OH is 2. The summed E-state index contributed by atoms with van der Waals surface area (Å²) in [5.41, 5.74) is 0.101. The molecule has 5 aliphatic rings. The van der Waals surface area contributed by atoms with Crippen LogP contribution in [0.2, 0.25) is 0 Å². The lowest BCUT2D eigenvalue weighted by Gasteiger charge is -2.63. The van der Waals surface area contributed by atoms with Gasteiger partial charge in [-0.3, -0.25) is 0 Å². The lowest BCUT2D eigenvalue weighted by molar-refractivity contribution is -0.265. The van der Waals surface area contributed by atoms with Crippen LogP contribution < -0.4 is 0 Å². The van der Waals surface area contributed by atoms with E-state index in [0.717, 1.165) is 50.4 Å². The summed E-state index contributed by atoms with van der Waals surface area (Å²) in [7, 11) is 3.58. The van der Waals surface area contributed by atoms with E-state index in [4.69, 9.17) is 21.1 Å². The standard InChI is InChI=1S/C31H53ClO4/c1-18-13-22(18)19(2)14-27(33)23(17-32)25-10-9-24-21-8-7-20-16-31(35-5,36-6)12-11-29(20,3)26(21)15-28(34)30(24,25)4/h18-28,33-34H,7-17H2,1-6H3/t18?,19-,20+,21?,22?,23-,24?,25-,26?,27-,28-,29+,30+/m1/s1. The van der Waals surface area contributed by atoms with Gasteiger partial charge in [0.2, 0.25) is 0 Å². The van der Waals surface area contributed by atoms with E-state index in [0.29, 0.717) is 41.4 Å². The third-order valence-corrected chi connectivity index (χ3v) is 13.7. The van der Waals surface area contributed by atoms with E-state index in [1.807, 2.05) is 0 Å². The van der Waals surface area contributed by atoms with E-state index in [2.05, 4.69) is 27.7 Å². The van der Waals surface area contributed by atoms with Crippen LogP contribution in [0.1, 0.15) is 91.9 Å². The molecular weight excluding hydrogens is 472 g/mol. The van der Waals surface area contributed by atoms with Crippen LogP contribution in [0.25, 0.3) is 0 Å². The SMILES string of the molecule is COC1(OC)CC[C@]2(C)C3C[C@@H](O)[C@@]4(C)C(CC[C@@H]4[C@@H](CCl)[C@H](O)C[C@@H](C)C4CC4C)C3CC[C@H]2C1. The van der Waals surface area contributed by atoms with Gasteiger partial charge in [0.05, 0.1) is 12.2 Å². The summed E-state index contributed by atoms with van der Waals surface area (Å²) in [6.45, 7) is 9.52. The fourth-order valence-corrected chi connectivity index (χ4v) is 11.1. The van der Waals surface area contributed by atoms with Crippen LogP contribution >= 0.6 is 11.6 Å². The van der Waals surface area contributed by atoms with E-state index in [9.17, 15) is 10.2 Å². The minimum Gasteiger partial charge on any atom is -0.393 e. The fourth-order valence-electron chi connectivity index (χ4n) is 10.7. The monoisotopic (exact) mass is 524 g/mol. The number of rotatable bonds is 8. The van der Waals surface area contributed by atoms with Crippen molar-refractivity contribution in [1.82, 2.24) is 0 Å². The van der Waals surface area contributed by atoms with Crippen LogP contribution in [0.4, 0.5) is 0 Å². The van der Waals surface area contributed by atoms with Gasteiger partial charge in [0.15, 0.2) is 5.79 Å². The summed E-state index contributed by atoms with van der Waals surface area (Å²) in [5.74, 6) is 4.93. The molecular formula is C31H53ClO4. The molecule has 0 aromatic carbocycles. The number of hydrogen-bond acceptors (Lipinski definition) is 4. The smallest absolute Gasteiger partial charge is 0.167 e. The second kappa shape index (κ2) is 9.95. The topological polar surface area (TPSA) is 58.9 Å². The number of methoxy groups -OCH3 is 2. The predicted octanol–water partition coefficient (Wildman–Crippen LogP) is 6.50. The highest BCUT2D eigenvalue weighted by Gasteiger charge is 2.65. The molecule has 0 amide bonds.